The van der Waals surface area contributed by atoms with E-state index in [9.17, 15) is 4.79 Å². The second kappa shape index (κ2) is 6.45. The fourth-order valence-electron chi connectivity index (χ4n) is 2.59. The second-order valence-electron chi connectivity index (χ2n) is 5.37. The van der Waals surface area contributed by atoms with Crippen LogP contribution in [-0.4, -0.2) is 30.1 Å². The first-order valence-corrected chi connectivity index (χ1v) is 8.14. The molecule has 0 radical (unpaired) electrons. The molecular formula is C16H19NO3S. The molecule has 2 aromatic heterocycles. The van der Waals surface area contributed by atoms with Crippen LogP contribution >= 0.6 is 11.3 Å². The molecule has 4 nitrogen and oxygen atoms in total. The van der Waals surface area contributed by atoms with Gasteiger partial charge >= 0.3 is 0 Å². The Bertz CT molecular complexity index is 584. The zero-order valence-electron chi connectivity index (χ0n) is 12.1. The topological polar surface area (TPSA) is 42.7 Å². The summed E-state index contributed by atoms with van der Waals surface area (Å²) in [6.45, 7) is 3.88. The molecule has 112 valence electrons. The Morgan fingerprint density at radius 2 is 2.38 bits per heavy atom. The van der Waals surface area contributed by atoms with E-state index in [1.54, 1.807) is 17.6 Å². The summed E-state index contributed by atoms with van der Waals surface area (Å²) in [6, 6.07) is 3.75. The highest BCUT2D eigenvalue weighted by atomic mass is 32.1. The van der Waals surface area contributed by atoms with Gasteiger partial charge in [0.1, 0.15) is 5.76 Å². The number of rotatable bonds is 5. The third kappa shape index (κ3) is 3.36. The van der Waals surface area contributed by atoms with Crippen LogP contribution in [0.3, 0.4) is 0 Å². The smallest absolute Gasteiger partial charge is 0.255 e. The Balaban J connectivity index is 1.77. The summed E-state index contributed by atoms with van der Waals surface area (Å²) in [7, 11) is 0. The molecule has 0 aliphatic carbocycles. The van der Waals surface area contributed by atoms with Crippen molar-refractivity contribution in [2.24, 2.45) is 0 Å². The lowest BCUT2D eigenvalue weighted by Gasteiger charge is -2.24. The molecule has 5 heteroatoms. The number of ether oxygens (including phenoxy) is 1. The number of amides is 1. The van der Waals surface area contributed by atoms with E-state index in [2.05, 4.69) is 0 Å². The van der Waals surface area contributed by atoms with Gasteiger partial charge in [-0.15, -0.1) is 0 Å². The quantitative estimate of drug-likeness (QED) is 0.849. The van der Waals surface area contributed by atoms with Gasteiger partial charge in [-0.25, -0.2) is 0 Å². The molecule has 1 atom stereocenters. The van der Waals surface area contributed by atoms with E-state index < -0.39 is 0 Å². The first-order chi connectivity index (χ1) is 10.2. The minimum Gasteiger partial charge on any atom is -0.467 e. The van der Waals surface area contributed by atoms with Gasteiger partial charge in [0.2, 0.25) is 0 Å². The molecule has 1 saturated heterocycles. The van der Waals surface area contributed by atoms with Crippen LogP contribution in [0.25, 0.3) is 0 Å². The van der Waals surface area contributed by atoms with Crippen molar-refractivity contribution in [1.29, 1.82) is 0 Å². The Morgan fingerprint density at radius 3 is 3.00 bits per heavy atom. The van der Waals surface area contributed by atoms with Crippen LogP contribution in [0.2, 0.25) is 0 Å². The maximum absolute atomic E-state index is 12.8. The molecule has 0 bridgehead atoms. The summed E-state index contributed by atoms with van der Waals surface area (Å²) in [5, 5.41) is 3.92. The van der Waals surface area contributed by atoms with Gasteiger partial charge in [-0.1, -0.05) is 0 Å². The van der Waals surface area contributed by atoms with Crippen molar-refractivity contribution in [3.63, 3.8) is 0 Å². The van der Waals surface area contributed by atoms with Crippen molar-refractivity contribution < 1.29 is 13.9 Å². The van der Waals surface area contributed by atoms with E-state index in [-0.39, 0.29) is 12.0 Å². The third-order valence-electron chi connectivity index (χ3n) is 3.75. The van der Waals surface area contributed by atoms with Crippen LogP contribution in [-0.2, 0) is 11.3 Å². The maximum Gasteiger partial charge on any atom is 0.255 e. The number of furan rings is 1. The van der Waals surface area contributed by atoms with Crippen molar-refractivity contribution >= 4 is 17.2 Å². The van der Waals surface area contributed by atoms with Crippen LogP contribution < -0.4 is 0 Å². The van der Waals surface area contributed by atoms with Gasteiger partial charge in [0, 0.05) is 18.5 Å². The van der Waals surface area contributed by atoms with Crippen LogP contribution in [0.4, 0.5) is 0 Å². The van der Waals surface area contributed by atoms with Crippen LogP contribution in [0.1, 0.15) is 34.5 Å². The lowest BCUT2D eigenvalue weighted by molar-refractivity contribution is 0.0491. The molecule has 3 rings (SSSR count). The van der Waals surface area contributed by atoms with Crippen molar-refractivity contribution in [1.82, 2.24) is 4.90 Å². The molecule has 1 amide bonds. The van der Waals surface area contributed by atoms with E-state index in [1.807, 2.05) is 34.7 Å². The number of hydrogen-bond acceptors (Lipinski definition) is 4. The lowest BCUT2D eigenvalue weighted by Crippen LogP contribution is -2.37. The molecular weight excluding hydrogens is 286 g/mol. The van der Waals surface area contributed by atoms with Crippen LogP contribution in [0.5, 0.6) is 0 Å². The van der Waals surface area contributed by atoms with E-state index in [0.29, 0.717) is 13.1 Å². The van der Waals surface area contributed by atoms with Gasteiger partial charge in [0.25, 0.3) is 5.91 Å². The van der Waals surface area contributed by atoms with Gasteiger partial charge in [0.15, 0.2) is 0 Å². The fourth-order valence-corrected chi connectivity index (χ4v) is 3.42. The van der Waals surface area contributed by atoms with Gasteiger partial charge in [0.05, 0.1) is 24.5 Å². The van der Waals surface area contributed by atoms with Gasteiger partial charge in [-0.2, -0.15) is 11.3 Å². The van der Waals surface area contributed by atoms with Crippen molar-refractivity contribution in [3.05, 3.63) is 46.0 Å². The first kappa shape index (κ1) is 14.4. The number of aryl methyl sites for hydroxylation is 1. The minimum atomic E-state index is 0.0562. The van der Waals surface area contributed by atoms with E-state index in [1.165, 1.54) is 0 Å². The molecule has 1 aliphatic heterocycles. The largest absolute Gasteiger partial charge is 0.467 e. The van der Waals surface area contributed by atoms with E-state index >= 15 is 0 Å². The van der Waals surface area contributed by atoms with E-state index in [0.717, 1.165) is 36.3 Å². The number of nitrogens with zero attached hydrogens (tertiary/aromatic N) is 1. The minimum absolute atomic E-state index is 0.0562. The Labute approximate surface area is 128 Å². The first-order valence-electron chi connectivity index (χ1n) is 7.20. The second-order valence-corrected chi connectivity index (χ2v) is 6.11. The molecule has 21 heavy (non-hydrogen) atoms. The van der Waals surface area contributed by atoms with Crippen molar-refractivity contribution in [2.45, 2.75) is 32.4 Å². The van der Waals surface area contributed by atoms with Gasteiger partial charge in [-0.3, -0.25) is 4.79 Å². The molecule has 2 aromatic rings. The molecule has 0 aromatic carbocycles. The lowest BCUT2D eigenvalue weighted by atomic mass is 10.1. The molecule has 1 aliphatic rings. The summed E-state index contributed by atoms with van der Waals surface area (Å²) in [4.78, 5) is 14.6. The molecule has 1 unspecified atom stereocenters. The maximum atomic E-state index is 12.8. The molecule has 0 N–H and O–H groups in total. The monoisotopic (exact) mass is 305 g/mol. The number of carbonyl (C=O) groups is 1. The Morgan fingerprint density at radius 1 is 1.48 bits per heavy atom. The van der Waals surface area contributed by atoms with Gasteiger partial charge in [-0.05, 0) is 42.8 Å². The SMILES string of the molecule is Cc1cscc1C(=O)N(Cc1ccco1)CC1CCCO1. The highest BCUT2D eigenvalue weighted by Gasteiger charge is 2.25. The Hall–Kier alpha value is -1.59. The summed E-state index contributed by atoms with van der Waals surface area (Å²) >= 11 is 1.56. The van der Waals surface area contributed by atoms with Crippen molar-refractivity contribution in [3.8, 4) is 0 Å². The number of thiophene rings is 1. The molecule has 0 saturated carbocycles. The van der Waals surface area contributed by atoms with Gasteiger partial charge < -0.3 is 14.1 Å². The summed E-state index contributed by atoms with van der Waals surface area (Å²) < 4.78 is 11.1. The number of hydrogen-bond donors (Lipinski definition) is 0. The van der Waals surface area contributed by atoms with Crippen LogP contribution in [0, 0.1) is 6.92 Å². The fraction of sp³-hybridized carbons (Fsp3) is 0.438. The average Bonchev–Trinajstić information content (AvgIpc) is 3.19. The number of carbonyl (C=O) groups excluding carboxylic acids is 1. The predicted molar refractivity (Wildman–Crippen MR) is 81.5 cm³/mol. The molecule has 1 fully saturated rings. The molecule has 0 spiro atoms. The zero-order valence-corrected chi connectivity index (χ0v) is 12.9. The van der Waals surface area contributed by atoms with E-state index in [4.69, 9.17) is 9.15 Å². The highest BCUT2D eigenvalue weighted by Crippen LogP contribution is 2.20. The Kier molecular flexibility index (Phi) is 4.41. The van der Waals surface area contributed by atoms with Crippen molar-refractivity contribution in [2.75, 3.05) is 13.2 Å². The third-order valence-corrected chi connectivity index (χ3v) is 4.61. The predicted octanol–water partition coefficient (Wildman–Crippen LogP) is 3.47. The standard InChI is InChI=1S/C16H19NO3S/c1-12-10-21-11-15(12)16(18)17(8-13-4-2-6-19-13)9-14-5-3-7-20-14/h2,4,6,10-11,14H,3,5,7-9H2,1H3. The molecule has 3 heterocycles. The zero-order chi connectivity index (χ0) is 14.7. The van der Waals surface area contributed by atoms with Crippen LogP contribution in [0.15, 0.2) is 33.6 Å². The summed E-state index contributed by atoms with van der Waals surface area (Å²) in [6.07, 6.45) is 3.87. The summed E-state index contributed by atoms with van der Waals surface area (Å²) in [5.74, 6) is 0.856. The average molecular weight is 305 g/mol. The normalized spacial score (nSPS) is 18.0. The highest BCUT2D eigenvalue weighted by molar-refractivity contribution is 7.08. The summed E-state index contributed by atoms with van der Waals surface area (Å²) in [5.41, 5.74) is 1.81.